The second kappa shape index (κ2) is 10.4. The molecule has 1 fully saturated rings. The number of alkyl halides is 3. The van der Waals surface area contributed by atoms with Gasteiger partial charge in [0.15, 0.2) is 9.73 Å². The van der Waals surface area contributed by atoms with Crippen LogP contribution in [-0.4, -0.2) is 51.7 Å². The summed E-state index contributed by atoms with van der Waals surface area (Å²) in [5.41, 5.74) is -3.11. The minimum absolute atomic E-state index is 0.141. The molecule has 0 radical (unpaired) electrons. The van der Waals surface area contributed by atoms with Crippen molar-refractivity contribution >= 4 is 67.9 Å². The van der Waals surface area contributed by atoms with E-state index < -0.39 is 23.5 Å². The normalized spacial score (nSPS) is 15.7. The average molecular weight is 589 g/mol. The number of halogens is 4. The van der Waals surface area contributed by atoms with Gasteiger partial charge in [0.25, 0.3) is 11.8 Å². The van der Waals surface area contributed by atoms with Crippen molar-refractivity contribution in [3.63, 3.8) is 0 Å². The second-order valence-corrected chi connectivity index (χ2v) is 10.2. The first-order valence-electron chi connectivity index (χ1n) is 10.1. The fraction of sp³-hybridized carbons (Fsp3) is 0.238. The highest BCUT2D eigenvalue weighted by molar-refractivity contribution is 9.11. The number of ether oxygens (including phenoxy) is 1. The summed E-state index contributed by atoms with van der Waals surface area (Å²) >= 11 is 9.11. The molecule has 1 saturated heterocycles. The summed E-state index contributed by atoms with van der Waals surface area (Å²) in [6, 6.07) is 6.67. The van der Waals surface area contributed by atoms with Crippen molar-refractivity contribution in [2.75, 3.05) is 28.6 Å². The molecule has 0 unspecified atom stereocenters. The van der Waals surface area contributed by atoms with Crippen molar-refractivity contribution in [2.45, 2.75) is 18.1 Å². The molecule has 9 nitrogen and oxygen atoms in total. The van der Waals surface area contributed by atoms with Gasteiger partial charge in [-0.15, -0.1) is 20.1 Å². The Hall–Kier alpha value is -2.87. The zero-order valence-electron chi connectivity index (χ0n) is 17.7. The van der Waals surface area contributed by atoms with Crippen molar-refractivity contribution in [3.8, 4) is 5.75 Å². The van der Waals surface area contributed by atoms with Crippen LogP contribution in [-0.2, 0) is 0 Å². The number of nitrogens with one attached hydrogen (secondary N) is 2. The van der Waals surface area contributed by atoms with Gasteiger partial charge in [-0.25, -0.2) is 9.97 Å². The minimum Gasteiger partial charge on any atom is -0.420 e. The number of aliphatic hydroxyl groups is 1. The summed E-state index contributed by atoms with van der Waals surface area (Å²) in [6.45, 7) is 0.869. The van der Waals surface area contributed by atoms with Crippen LogP contribution in [0.25, 0.3) is 0 Å². The summed E-state index contributed by atoms with van der Waals surface area (Å²) in [4.78, 5) is 36.1. The fourth-order valence-electron chi connectivity index (χ4n) is 3.34. The van der Waals surface area contributed by atoms with E-state index in [2.05, 4.69) is 41.3 Å². The quantitative estimate of drug-likeness (QED) is 0.347. The molecular formula is C21H17BrClF2N5O4S. The van der Waals surface area contributed by atoms with E-state index in [0.29, 0.717) is 39.8 Å². The van der Waals surface area contributed by atoms with Crippen molar-refractivity contribution in [1.82, 2.24) is 9.97 Å². The van der Waals surface area contributed by atoms with Gasteiger partial charge in [0.1, 0.15) is 10.6 Å². The highest BCUT2D eigenvalue weighted by Gasteiger charge is 2.28. The Morgan fingerprint density at radius 3 is 2.54 bits per heavy atom. The van der Waals surface area contributed by atoms with Crippen molar-refractivity contribution in [3.05, 3.63) is 57.1 Å². The van der Waals surface area contributed by atoms with Gasteiger partial charge in [-0.1, -0.05) is 0 Å². The molecule has 0 aliphatic carbocycles. The molecule has 0 saturated carbocycles. The first-order chi connectivity index (χ1) is 16.6. The third kappa shape index (κ3) is 6.63. The molecular weight excluding hydrogens is 572 g/mol. The summed E-state index contributed by atoms with van der Waals surface area (Å²) in [5, 5.41) is 15.3. The SMILES string of the molecule is O=C(Nc1ccc(OC(F)(F)Cl)cc1)c1cnc(N2CC[C@@H](O)C2)c(NC(=O)c2cnc(Br)s2)c1. The molecule has 0 bridgehead atoms. The van der Waals surface area contributed by atoms with Crippen LogP contribution < -0.4 is 20.3 Å². The van der Waals surface area contributed by atoms with Crippen molar-refractivity contribution in [2.24, 2.45) is 0 Å². The zero-order chi connectivity index (χ0) is 25.2. The Kier molecular flexibility index (Phi) is 7.50. The van der Waals surface area contributed by atoms with Crippen molar-refractivity contribution < 1.29 is 28.2 Å². The largest absolute Gasteiger partial charge is 0.487 e. The van der Waals surface area contributed by atoms with Gasteiger partial charge in [0.2, 0.25) is 0 Å². The number of nitrogens with zero attached hydrogens (tertiary/aromatic N) is 3. The fourth-order valence-corrected chi connectivity index (χ4v) is 4.60. The van der Waals surface area contributed by atoms with Crippen LogP contribution in [0.1, 0.15) is 26.5 Å². The topological polar surface area (TPSA) is 117 Å². The lowest BCUT2D eigenvalue weighted by Gasteiger charge is -2.21. The molecule has 35 heavy (non-hydrogen) atoms. The number of thiazole rings is 1. The lowest BCUT2D eigenvalue weighted by Crippen LogP contribution is -2.25. The molecule has 1 aliphatic rings. The molecule has 184 valence electrons. The summed E-state index contributed by atoms with van der Waals surface area (Å²) in [7, 11) is 0. The van der Waals surface area contributed by atoms with Gasteiger partial charge in [-0.3, -0.25) is 9.59 Å². The Morgan fingerprint density at radius 1 is 1.20 bits per heavy atom. The lowest BCUT2D eigenvalue weighted by molar-refractivity contribution is -0.0964. The zero-order valence-corrected chi connectivity index (χ0v) is 20.8. The predicted octanol–water partition coefficient (Wildman–Crippen LogP) is 4.54. The van der Waals surface area contributed by atoms with E-state index in [1.165, 1.54) is 42.7 Å². The molecule has 1 atom stereocenters. The van der Waals surface area contributed by atoms with Crippen LogP contribution in [0.4, 0.5) is 26.0 Å². The number of pyridine rings is 1. The van der Waals surface area contributed by atoms with Gasteiger partial charge < -0.3 is 25.4 Å². The standard InChI is InChI=1S/C21H17BrClF2N5O4S/c22-20-27-9-16(35-20)19(33)29-15-7-11(8-26-17(15)30-6-5-13(31)10-30)18(32)28-12-1-3-14(4-2-12)34-21(23,24)25/h1-4,7-9,13,31H,5-6,10H2,(H,28,32)(H,29,33)/t13-/m1/s1. The molecule has 0 spiro atoms. The maximum absolute atomic E-state index is 12.8. The summed E-state index contributed by atoms with van der Waals surface area (Å²) < 4.78 is 30.3. The van der Waals surface area contributed by atoms with Crippen LogP contribution >= 0.6 is 38.9 Å². The highest BCUT2D eigenvalue weighted by atomic mass is 79.9. The number of hydrogen-bond acceptors (Lipinski definition) is 8. The Bertz CT molecular complexity index is 1240. The highest BCUT2D eigenvalue weighted by Crippen LogP contribution is 2.30. The first kappa shape index (κ1) is 25.2. The van der Waals surface area contributed by atoms with E-state index >= 15 is 0 Å². The van der Waals surface area contributed by atoms with Gasteiger partial charge in [-0.05, 0) is 52.7 Å². The van der Waals surface area contributed by atoms with Gasteiger partial charge in [0.05, 0.1) is 23.6 Å². The van der Waals surface area contributed by atoms with Crippen LogP contribution in [0.15, 0.2) is 46.6 Å². The molecule has 1 aromatic carbocycles. The van der Waals surface area contributed by atoms with Gasteiger partial charge in [0, 0.05) is 36.6 Å². The Balaban J connectivity index is 1.55. The number of amides is 2. The number of aromatic nitrogens is 2. The third-order valence-corrected chi connectivity index (χ3v) is 6.44. The smallest absolute Gasteiger partial charge is 0.420 e. The number of carbonyl (C=O) groups is 2. The van der Waals surface area contributed by atoms with Crippen LogP contribution in [0.3, 0.4) is 0 Å². The molecule has 2 aromatic heterocycles. The number of carbonyl (C=O) groups excluding carboxylic acids is 2. The summed E-state index contributed by atoms with van der Waals surface area (Å²) in [6.07, 6.45) is 2.79. The summed E-state index contributed by atoms with van der Waals surface area (Å²) in [5.74, 6) is -0.738. The predicted molar refractivity (Wildman–Crippen MR) is 131 cm³/mol. The third-order valence-electron chi connectivity index (χ3n) is 4.89. The maximum atomic E-state index is 12.8. The maximum Gasteiger partial charge on any atom is 0.487 e. The van der Waals surface area contributed by atoms with Gasteiger partial charge >= 0.3 is 5.57 Å². The van der Waals surface area contributed by atoms with E-state index in [1.54, 1.807) is 0 Å². The molecule has 3 N–H and O–H groups in total. The van der Waals surface area contributed by atoms with E-state index in [-0.39, 0.29) is 17.0 Å². The molecule has 3 aromatic rings. The van der Waals surface area contributed by atoms with E-state index in [1.807, 2.05) is 4.90 Å². The molecule has 4 rings (SSSR count). The second-order valence-electron chi connectivity index (χ2n) is 7.44. The Labute approximate surface area is 215 Å². The van der Waals surface area contributed by atoms with Gasteiger partial charge in [-0.2, -0.15) is 0 Å². The number of rotatable bonds is 7. The number of hydrogen-bond donors (Lipinski definition) is 3. The first-order valence-corrected chi connectivity index (χ1v) is 12.1. The number of anilines is 3. The lowest BCUT2D eigenvalue weighted by atomic mass is 10.2. The van der Waals surface area contributed by atoms with Crippen molar-refractivity contribution in [1.29, 1.82) is 0 Å². The minimum atomic E-state index is -3.85. The number of benzene rings is 1. The molecule has 3 heterocycles. The Morgan fingerprint density at radius 2 is 1.94 bits per heavy atom. The van der Waals surface area contributed by atoms with E-state index in [0.717, 1.165) is 11.3 Å². The number of aliphatic hydroxyl groups excluding tert-OH is 1. The van der Waals surface area contributed by atoms with Crippen LogP contribution in [0.5, 0.6) is 5.75 Å². The number of β-amino-alcohol motifs (C(OH)–C–C–N with tert-alkyl or cyclic N) is 1. The van der Waals surface area contributed by atoms with Crippen LogP contribution in [0, 0.1) is 0 Å². The average Bonchev–Trinajstić information content (AvgIpc) is 3.42. The molecule has 1 aliphatic heterocycles. The van der Waals surface area contributed by atoms with E-state index in [4.69, 9.17) is 11.6 Å². The van der Waals surface area contributed by atoms with Crippen LogP contribution in [0.2, 0.25) is 0 Å². The molecule has 14 heteroatoms. The monoisotopic (exact) mass is 587 g/mol. The van der Waals surface area contributed by atoms with E-state index in [9.17, 15) is 23.5 Å². The molecule has 2 amide bonds.